The van der Waals surface area contributed by atoms with Crippen molar-refractivity contribution in [2.45, 2.75) is 25.7 Å². The van der Waals surface area contributed by atoms with E-state index in [1.807, 2.05) is 35.2 Å². The lowest BCUT2D eigenvalue weighted by Crippen LogP contribution is -2.42. The number of nitrogens with one attached hydrogen (secondary N) is 1. The second-order valence-corrected chi connectivity index (χ2v) is 8.46. The number of fused-ring (bicyclic) bond motifs is 1. The van der Waals surface area contributed by atoms with Crippen LogP contribution in [0.25, 0.3) is 10.9 Å². The van der Waals surface area contributed by atoms with E-state index in [1.165, 1.54) is 5.56 Å². The van der Waals surface area contributed by atoms with Crippen LogP contribution in [-0.4, -0.2) is 46.5 Å². The van der Waals surface area contributed by atoms with Crippen LogP contribution in [0.3, 0.4) is 0 Å². The number of anilines is 1. The molecule has 0 bridgehead atoms. The van der Waals surface area contributed by atoms with Gasteiger partial charge in [0.25, 0.3) is 0 Å². The lowest BCUT2D eigenvalue weighted by molar-refractivity contribution is -0.137. The Labute approximate surface area is 175 Å². The molecule has 0 unspecified atom stereocenters. The van der Waals surface area contributed by atoms with Gasteiger partial charge >= 0.3 is 0 Å². The summed E-state index contributed by atoms with van der Waals surface area (Å²) in [5.41, 5.74) is 2.26. The number of rotatable bonds is 4. The monoisotopic (exact) mass is 402 g/mol. The van der Waals surface area contributed by atoms with Gasteiger partial charge in [-0.15, -0.1) is 0 Å². The van der Waals surface area contributed by atoms with Crippen molar-refractivity contribution in [1.82, 2.24) is 15.1 Å². The molecule has 1 aromatic heterocycles. The largest absolute Gasteiger partial charge is 0.342 e. The fourth-order valence-electron chi connectivity index (χ4n) is 4.80. The number of aromatic amines is 1. The summed E-state index contributed by atoms with van der Waals surface area (Å²) < 4.78 is 0. The first-order valence-electron chi connectivity index (χ1n) is 10.8. The van der Waals surface area contributed by atoms with Gasteiger partial charge in [-0.1, -0.05) is 42.5 Å². The summed E-state index contributed by atoms with van der Waals surface area (Å²) >= 11 is 0. The summed E-state index contributed by atoms with van der Waals surface area (Å²) in [4.78, 5) is 29.4. The van der Waals surface area contributed by atoms with Crippen molar-refractivity contribution < 1.29 is 9.59 Å². The number of aromatic nitrogens is 2. The van der Waals surface area contributed by atoms with E-state index in [0.717, 1.165) is 43.3 Å². The van der Waals surface area contributed by atoms with Crippen molar-refractivity contribution in [1.29, 1.82) is 0 Å². The highest BCUT2D eigenvalue weighted by atomic mass is 16.2. The van der Waals surface area contributed by atoms with Crippen LogP contribution >= 0.6 is 0 Å². The number of carbonyl (C=O) groups excluding carboxylic acids is 2. The first-order chi connectivity index (χ1) is 14.7. The van der Waals surface area contributed by atoms with Crippen LogP contribution in [0, 0.1) is 11.8 Å². The first-order valence-corrected chi connectivity index (χ1v) is 10.8. The molecule has 2 aliphatic rings. The summed E-state index contributed by atoms with van der Waals surface area (Å²) in [6.45, 7) is 1.98. The van der Waals surface area contributed by atoms with Crippen molar-refractivity contribution in [2.24, 2.45) is 11.8 Å². The Balaban J connectivity index is 1.21. The van der Waals surface area contributed by atoms with Gasteiger partial charge in [-0.3, -0.25) is 19.6 Å². The number of piperidine rings is 1. The SMILES string of the molecule is O=C([C@H]1CC(=O)N(c2n[nH]c3ccccc23)C1)N1CCC(Cc2ccccc2)CC1. The molecule has 30 heavy (non-hydrogen) atoms. The maximum absolute atomic E-state index is 13.1. The lowest BCUT2D eigenvalue weighted by Gasteiger charge is -2.33. The fourth-order valence-corrected chi connectivity index (χ4v) is 4.80. The van der Waals surface area contributed by atoms with E-state index in [-0.39, 0.29) is 24.2 Å². The molecule has 2 aromatic carbocycles. The van der Waals surface area contributed by atoms with Crippen molar-refractivity contribution >= 4 is 28.5 Å². The van der Waals surface area contributed by atoms with Crippen LogP contribution in [-0.2, 0) is 16.0 Å². The number of carbonyl (C=O) groups is 2. The average Bonchev–Trinajstić information content (AvgIpc) is 3.38. The fraction of sp³-hybridized carbons (Fsp3) is 0.375. The summed E-state index contributed by atoms with van der Waals surface area (Å²) in [5, 5.41) is 8.23. The number of hydrogen-bond acceptors (Lipinski definition) is 3. The van der Waals surface area contributed by atoms with E-state index >= 15 is 0 Å². The summed E-state index contributed by atoms with van der Waals surface area (Å²) in [7, 11) is 0. The highest BCUT2D eigenvalue weighted by Gasteiger charge is 2.39. The zero-order valence-corrected chi connectivity index (χ0v) is 17.0. The highest BCUT2D eigenvalue weighted by Crippen LogP contribution is 2.31. The molecule has 0 aliphatic carbocycles. The standard InChI is InChI=1S/C24H26N4O2/c29-22-15-19(16-28(22)23-20-8-4-5-9-21(20)25-26-23)24(30)27-12-10-18(11-13-27)14-17-6-2-1-3-7-17/h1-9,18-19H,10-16H2,(H,25,26)/t19-/m0/s1. The minimum Gasteiger partial charge on any atom is -0.342 e. The van der Waals surface area contributed by atoms with Crippen LogP contribution in [0.2, 0.25) is 0 Å². The van der Waals surface area contributed by atoms with Gasteiger partial charge in [-0.2, -0.15) is 5.10 Å². The summed E-state index contributed by atoms with van der Waals surface area (Å²) in [6.07, 6.45) is 3.39. The van der Waals surface area contributed by atoms with Crippen molar-refractivity contribution in [2.75, 3.05) is 24.5 Å². The van der Waals surface area contributed by atoms with Crippen molar-refractivity contribution in [3.63, 3.8) is 0 Å². The maximum Gasteiger partial charge on any atom is 0.229 e. The highest BCUT2D eigenvalue weighted by molar-refractivity contribution is 6.05. The van der Waals surface area contributed by atoms with Crippen LogP contribution in [0.4, 0.5) is 5.82 Å². The molecular weight excluding hydrogens is 376 g/mol. The third kappa shape index (κ3) is 3.58. The van der Waals surface area contributed by atoms with Crippen LogP contribution < -0.4 is 4.90 Å². The zero-order chi connectivity index (χ0) is 20.5. The second-order valence-electron chi connectivity index (χ2n) is 8.46. The van der Waals surface area contributed by atoms with Crippen molar-refractivity contribution in [3.8, 4) is 0 Å². The zero-order valence-electron chi connectivity index (χ0n) is 17.0. The molecule has 6 nitrogen and oxygen atoms in total. The Kier molecular flexibility index (Phi) is 4.99. The molecule has 2 saturated heterocycles. The van der Waals surface area contributed by atoms with Gasteiger partial charge in [0.05, 0.1) is 11.4 Å². The third-order valence-corrected chi connectivity index (χ3v) is 6.47. The summed E-state index contributed by atoms with van der Waals surface area (Å²) in [6, 6.07) is 18.3. The van der Waals surface area contributed by atoms with Crippen LogP contribution in [0.1, 0.15) is 24.8 Å². The predicted molar refractivity (Wildman–Crippen MR) is 116 cm³/mol. The number of hydrogen-bond donors (Lipinski definition) is 1. The van der Waals surface area contributed by atoms with Crippen LogP contribution in [0.15, 0.2) is 54.6 Å². The molecule has 154 valence electrons. The number of H-pyrrole nitrogens is 1. The van der Waals surface area contributed by atoms with Gasteiger partial charge in [-0.05, 0) is 42.9 Å². The number of benzene rings is 2. The molecule has 2 aliphatic heterocycles. The van der Waals surface area contributed by atoms with Gasteiger partial charge in [0, 0.05) is 31.4 Å². The molecule has 0 radical (unpaired) electrons. The lowest BCUT2D eigenvalue weighted by atomic mass is 9.89. The van der Waals surface area contributed by atoms with E-state index in [0.29, 0.717) is 18.3 Å². The van der Waals surface area contributed by atoms with E-state index in [2.05, 4.69) is 34.5 Å². The normalized spacial score (nSPS) is 20.3. The number of likely N-dealkylation sites (tertiary alicyclic amines) is 1. The van der Waals surface area contributed by atoms with Crippen LogP contribution in [0.5, 0.6) is 0 Å². The molecule has 3 heterocycles. The molecular formula is C24H26N4O2. The Bertz CT molecular complexity index is 1050. The maximum atomic E-state index is 13.1. The predicted octanol–water partition coefficient (Wildman–Crippen LogP) is 3.40. The number of amides is 2. The summed E-state index contributed by atoms with van der Waals surface area (Å²) in [5.74, 6) is 1.06. The molecule has 2 amide bonds. The van der Waals surface area contributed by atoms with Gasteiger partial charge in [0.1, 0.15) is 0 Å². The molecule has 1 N–H and O–H groups in total. The van der Waals surface area contributed by atoms with Crippen molar-refractivity contribution in [3.05, 3.63) is 60.2 Å². The van der Waals surface area contributed by atoms with E-state index < -0.39 is 0 Å². The topological polar surface area (TPSA) is 69.3 Å². The molecule has 0 spiro atoms. The second kappa shape index (κ2) is 7.94. The van der Waals surface area contributed by atoms with E-state index in [1.54, 1.807) is 4.90 Å². The van der Waals surface area contributed by atoms with Gasteiger partial charge in [0.2, 0.25) is 11.8 Å². The molecule has 6 heteroatoms. The minimum atomic E-state index is -0.279. The van der Waals surface area contributed by atoms with E-state index in [4.69, 9.17) is 0 Å². The molecule has 3 aromatic rings. The minimum absolute atomic E-state index is 0.0235. The molecule has 5 rings (SSSR count). The van der Waals surface area contributed by atoms with Gasteiger partial charge < -0.3 is 4.90 Å². The molecule has 2 fully saturated rings. The molecule has 0 saturated carbocycles. The number of para-hydroxylation sites is 1. The first kappa shape index (κ1) is 18.9. The molecule has 1 atom stereocenters. The van der Waals surface area contributed by atoms with Gasteiger partial charge in [-0.25, -0.2) is 0 Å². The van der Waals surface area contributed by atoms with E-state index in [9.17, 15) is 9.59 Å². The quantitative estimate of drug-likeness (QED) is 0.727. The Morgan fingerprint density at radius 1 is 1.03 bits per heavy atom. The Morgan fingerprint density at radius 2 is 1.77 bits per heavy atom. The third-order valence-electron chi connectivity index (χ3n) is 6.47. The Hall–Kier alpha value is -3.15. The number of nitrogens with zero attached hydrogens (tertiary/aromatic N) is 3. The average molecular weight is 402 g/mol. The van der Waals surface area contributed by atoms with Gasteiger partial charge in [0.15, 0.2) is 5.82 Å². The Morgan fingerprint density at radius 3 is 2.57 bits per heavy atom. The smallest absolute Gasteiger partial charge is 0.229 e.